The van der Waals surface area contributed by atoms with Crippen LogP contribution in [0.25, 0.3) is 0 Å². The zero-order valence-electron chi connectivity index (χ0n) is 16.0. The van der Waals surface area contributed by atoms with E-state index in [2.05, 4.69) is 5.32 Å². The number of ether oxygens (including phenoxy) is 1. The molecule has 1 atom stereocenters. The van der Waals surface area contributed by atoms with Crippen LogP contribution in [0.2, 0.25) is 5.02 Å². The summed E-state index contributed by atoms with van der Waals surface area (Å²) in [6.07, 6.45) is 0. The van der Waals surface area contributed by atoms with Gasteiger partial charge in [-0.2, -0.15) is 0 Å². The standard InChI is InChI=1S/C21H23ClN2O4/c1-14(2)24(18-7-5-4-6-8-18)19(25)13-28-21(27)15(3)23-20(26)16-9-11-17(22)12-10-16/h4-12,14-15H,13H2,1-3H3,(H,23,26)/t15-/m0/s1. The van der Waals surface area contributed by atoms with Crippen molar-refractivity contribution >= 4 is 35.1 Å². The Kier molecular flexibility index (Phi) is 7.58. The highest BCUT2D eigenvalue weighted by Crippen LogP contribution is 2.16. The van der Waals surface area contributed by atoms with Crippen LogP contribution in [0.3, 0.4) is 0 Å². The average molecular weight is 403 g/mol. The Bertz CT molecular complexity index is 822. The maximum atomic E-state index is 12.5. The summed E-state index contributed by atoms with van der Waals surface area (Å²) in [5.74, 6) is -1.46. The first kappa shape index (κ1) is 21.4. The van der Waals surface area contributed by atoms with E-state index in [1.54, 1.807) is 29.2 Å². The van der Waals surface area contributed by atoms with Gasteiger partial charge in [-0.1, -0.05) is 29.8 Å². The molecule has 2 aromatic carbocycles. The van der Waals surface area contributed by atoms with Gasteiger partial charge >= 0.3 is 5.97 Å². The topological polar surface area (TPSA) is 75.7 Å². The van der Waals surface area contributed by atoms with Gasteiger partial charge in [0.2, 0.25) is 0 Å². The van der Waals surface area contributed by atoms with Crippen molar-refractivity contribution in [2.24, 2.45) is 0 Å². The van der Waals surface area contributed by atoms with Crippen LogP contribution in [0.15, 0.2) is 54.6 Å². The highest BCUT2D eigenvalue weighted by molar-refractivity contribution is 6.30. The lowest BCUT2D eigenvalue weighted by Crippen LogP contribution is -2.43. The molecule has 0 unspecified atom stereocenters. The van der Waals surface area contributed by atoms with E-state index in [0.717, 1.165) is 5.69 Å². The lowest BCUT2D eigenvalue weighted by Gasteiger charge is -2.27. The molecule has 0 aromatic heterocycles. The van der Waals surface area contributed by atoms with Crippen molar-refractivity contribution in [3.63, 3.8) is 0 Å². The molecule has 6 nitrogen and oxygen atoms in total. The van der Waals surface area contributed by atoms with Crippen molar-refractivity contribution in [3.05, 3.63) is 65.2 Å². The lowest BCUT2D eigenvalue weighted by atomic mass is 10.2. The minimum atomic E-state index is -0.903. The van der Waals surface area contributed by atoms with Gasteiger partial charge in [0.1, 0.15) is 6.04 Å². The number of benzene rings is 2. The van der Waals surface area contributed by atoms with Gasteiger partial charge in [0.15, 0.2) is 6.61 Å². The molecule has 0 saturated heterocycles. The van der Waals surface area contributed by atoms with Gasteiger partial charge in [-0.05, 0) is 57.2 Å². The first-order valence-electron chi connectivity index (χ1n) is 8.89. The van der Waals surface area contributed by atoms with E-state index in [0.29, 0.717) is 10.6 Å². The van der Waals surface area contributed by atoms with Crippen molar-refractivity contribution in [1.29, 1.82) is 0 Å². The number of carbonyl (C=O) groups excluding carboxylic acids is 3. The number of nitrogens with one attached hydrogen (secondary N) is 1. The molecule has 2 amide bonds. The Morgan fingerprint density at radius 3 is 2.18 bits per heavy atom. The lowest BCUT2D eigenvalue weighted by molar-refractivity contribution is -0.149. The molecule has 148 valence electrons. The van der Waals surface area contributed by atoms with Crippen molar-refractivity contribution < 1.29 is 19.1 Å². The second-order valence-electron chi connectivity index (χ2n) is 6.50. The number of hydrogen-bond acceptors (Lipinski definition) is 4. The number of amides is 2. The van der Waals surface area contributed by atoms with Crippen LogP contribution in [0, 0.1) is 0 Å². The molecule has 1 N–H and O–H groups in total. The van der Waals surface area contributed by atoms with Crippen LogP contribution in [-0.2, 0) is 14.3 Å². The third-order valence-electron chi connectivity index (χ3n) is 3.96. The fourth-order valence-corrected chi connectivity index (χ4v) is 2.71. The second kappa shape index (κ2) is 9.90. The highest BCUT2D eigenvalue weighted by atomic mass is 35.5. The smallest absolute Gasteiger partial charge is 0.328 e. The molecule has 2 aromatic rings. The zero-order valence-corrected chi connectivity index (χ0v) is 16.8. The number of para-hydroxylation sites is 1. The molecular weight excluding hydrogens is 380 g/mol. The summed E-state index contributed by atoms with van der Waals surface area (Å²) < 4.78 is 5.11. The average Bonchev–Trinajstić information content (AvgIpc) is 2.67. The molecule has 0 heterocycles. The monoisotopic (exact) mass is 402 g/mol. The molecule has 0 bridgehead atoms. The van der Waals surface area contributed by atoms with Crippen LogP contribution in [0.1, 0.15) is 31.1 Å². The molecule has 0 radical (unpaired) electrons. The van der Waals surface area contributed by atoms with E-state index in [-0.39, 0.29) is 11.9 Å². The molecule has 0 aliphatic carbocycles. The summed E-state index contributed by atoms with van der Waals surface area (Å²) >= 11 is 5.79. The molecule has 28 heavy (non-hydrogen) atoms. The summed E-state index contributed by atoms with van der Waals surface area (Å²) in [6, 6.07) is 14.4. The molecule has 0 saturated carbocycles. The summed E-state index contributed by atoms with van der Waals surface area (Å²) in [5.41, 5.74) is 1.10. The Labute approximate surface area is 169 Å². The Balaban J connectivity index is 1.91. The van der Waals surface area contributed by atoms with E-state index < -0.39 is 24.5 Å². The fraction of sp³-hybridized carbons (Fsp3) is 0.286. The van der Waals surface area contributed by atoms with Gasteiger partial charge in [0.25, 0.3) is 11.8 Å². The van der Waals surface area contributed by atoms with E-state index in [1.165, 1.54) is 6.92 Å². The van der Waals surface area contributed by atoms with Gasteiger partial charge in [-0.25, -0.2) is 4.79 Å². The van der Waals surface area contributed by atoms with Crippen molar-refractivity contribution in [2.45, 2.75) is 32.9 Å². The van der Waals surface area contributed by atoms with Gasteiger partial charge in [-0.15, -0.1) is 0 Å². The Hall–Kier alpha value is -2.86. The minimum Gasteiger partial charge on any atom is -0.454 e. The number of anilines is 1. The number of esters is 1. The van der Waals surface area contributed by atoms with E-state index >= 15 is 0 Å². The van der Waals surface area contributed by atoms with E-state index in [4.69, 9.17) is 16.3 Å². The van der Waals surface area contributed by atoms with Gasteiger partial charge in [0.05, 0.1) is 0 Å². The Morgan fingerprint density at radius 1 is 1.00 bits per heavy atom. The number of carbonyl (C=O) groups is 3. The summed E-state index contributed by atoms with van der Waals surface area (Å²) in [5, 5.41) is 3.05. The van der Waals surface area contributed by atoms with Crippen LogP contribution in [0.5, 0.6) is 0 Å². The predicted molar refractivity (Wildman–Crippen MR) is 108 cm³/mol. The maximum absolute atomic E-state index is 12.5. The molecule has 0 fully saturated rings. The van der Waals surface area contributed by atoms with Gasteiger partial charge in [-0.3, -0.25) is 9.59 Å². The highest BCUT2D eigenvalue weighted by Gasteiger charge is 2.23. The minimum absolute atomic E-state index is 0.101. The first-order chi connectivity index (χ1) is 13.3. The van der Waals surface area contributed by atoms with E-state index in [1.807, 2.05) is 44.2 Å². The predicted octanol–water partition coefficient (Wildman–Crippen LogP) is 3.44. The third kappa shape index (κ3) is 5.82. The zero-order chi connectivity index (χ0) is 20.7. The molecule has 2 rings (SSSR count). The summed E-state index contributed by atoms with van der Waals surface area (Å²) in [6.45, 7) is 4.84. The molecule has 0 spiro atoms. The quantitative estimate of drug-likeness (QED) is 0.720. The molecule has 0 aliphatic heterocycles. The van der Waals surface area contributed by atoms with E-state index in [9.17, 15) is 14.4 Å². The molecule has 0 aliphatic rings. The second-order valence-corrected chi connectivity index (χ2v) is 6.94. The summed E-state index contributed by atoms with van der Waals surface area (Å²) in [4.78, 5) is 38.4. The third-order valence-corrected chi connectivity index (χ3v) is 4.22. The summed E-state index contributed by atoms with van der Waals surface area (Å²) in [7, 11) is 0. The van der Waals surface area contributed by atoms with Gasteiger partial charge in [0, 0.05) is 22.3 Å². The maximum Gasteiger partial charge on any atom is 0.328 e. The number of halogens is 1. The molecule has 7 heteroatoms. The van der Waals surface area contributed by atoms with Crippen LogP contribution in [-0.4, -0.2) is 36.5 Å². The fourth-order valence-electron chi connectivity index (χ4n) is 2.59. The molecular formula is C21H23ClN2O4. The number of nitrogens with zero attached hydrogens (tertiary/aromatic N) is 1. The van der Waals surface area contributed by atoms with Crippen LogP contribution < -0.4 is 10.2 Å². The van der Waals surface area contributed by atoms with Crippen LogP contribution in [0.4, 0.5) is 5.69 Å². The normalized spacial score (nSPS) is 11.6. The van der Waals surface area contributed by atoms with Crippen molar-refractivity contribution in [3.8, 4) is 0 Å². The number of hydrogen-bond donors (Lipinski definition) is 1. The SMILES string of the molecule is CC(C)N(C(=O)COC(=O)[C@H](C)NC(=O)c1ccc(Cl)cc1)c1ccccc1. The number of rotatable bonds is 7. The van der Waals surface area contributed by atoms with Crippen molar-refractivity contribution in [1.82, 2.24) is 5.32 Å². The van der Waals surface area contributed by atoms with Crippen molar-refractivity contribution in [2.75, 3.05) is 11.5 Å². The van der Waals surface area contributed by atoms with Gasteiger partial charge < -0.3 is 15.0 Å². The first-order valence-corrected chi connectivity index (χ1v) is 9.27. The van der Waals surface area contributed by atoms with Crippen LogP contribution >= 0.6 is 11.6 Å². The largest absolute Gasteiger partial charge is 0.454 e. The Morgan fingerprint density at radius 2 is 1.61 bits per heavy atom.